The Morgan fingerprint density at radius 3 is 2.74 bits per heavy atom. The van der Waals surface area contributed by atoms with Crippen molar-refractivity contribution in [2.75, 3.05) is 26.7 Å². The zero-order chi connectivity index (χ0) is 17.0. The van der Waals surface area contributed by atoms with E-state index >= 15 is 0 Å². The van der Waals surface area contributed by atoms with Crippen molar-refractivity contribution in [1.82, 2.24) is 15.2 Å². The second kappa shape index (κ2) is 6.95. The number of nitrogens with zero attached hydrogens (tertiary/aromatic N) is 2. The van der Waals surface area contributed by atoms with Gasteiger partial charge in [-0.25, -0.2) is 9.59 Å². The molecule has 0 spiro atoms. The Kier molecular flexibility index (Phi) is 5.20. The van der Waals surface area contributed by atoms with E-state index in [4.69, 9.17) is 9.47 Å². The van der Waals surface area contributed by atoms with Crippen molar-refractivity contribution in [3.8, 4) is 0 Å². The monoisotopic (exact) mass is 321 g/mol. The van der Waals surface area contributed by atoms with Crippen LogP contribution in [0.25, 0.3) is 0 Å². The predicted octanol–water partition coefficient (Wildman–Crippen LogP) is 1.75. The third kappa shape index (κ3) is 4.66. The number of methoxy groups -OCH3 is 1. The summed E-state index contributed by atoms with van der Waals surface area (Å²) in [4.78, 5) is 29.6. The molecular formula is C16H23N3O4. The van der Waals surface area contributed by atoms with Gasteiger partial charge >= 0.3 is 12.1 Å². The summed E-state index contributed by atoms with van der Waals surface area (Å²) in [6, 6.07) is 1.63. The zero-order valence-electron chi connectivity index (χ0n) is 14.0. The third-order valence-corrected chi connectivity index (χ3v) is 3.41. The standard InChI is InChI=1S/C16H23N3O4/c1-16(2,3)23-15(21)19-6-5-18-13(10-19)11-7-12(9-17-8-11)14(20)22-4/h7-9,13,18H,5-6,10H2,1-4H3. The SMILES string of the molecule is COC(=O)c1cncc(C2CN(C(=O)OC(C)(C)C)CCN2)c1. The van der Waals surface area contributed by atoms with E-state index in [2.05, 4.69) is 10.3 Å². The van der Waals surface area contributed by atoms with E-state index < -0.39 is 11.6 Å². The van der Waals surface area contributed by atoms with Crippen LogP contribution in [0.3, 0.4) is 0 Å². The number of pyridine rings is 1. The Balaban J connectivity index is 2.09. The highest BCUT2D eigenvalue weighted by Gasteiger charge is 2.28. The molecule has 0 saturated carbocycles. The summed E-state index contributed by atoms with van der Waals surface area (Å²) in [7, 11) is 1.33. The maximum atomic E-state index is 12.2. The van der Waals surface area contributed by atoms with Crippen molar-refractivity contribution in [3.05, 3.63) is 29.6 Å². The lowest BCUT2D eigenvalue weighted by molar-refractivity contribution is 0.0194. The van der Waals surface area contributed by atoms with Gasteiger partial charge in [0.15, 0.2) is 0 Å². The summed E-state index contributed by atoms with van der Waals surface area (Å²) in [5.74, 6) is -0.431. The lowest BCUT2D eigenvalue weighted by Crippen LogP contribution is -2.49. The number of ether oxygens (including phenoxy) is 2. The van der Waals surface area contributed by atoms with Crippen LogP contribution in [0.4, 0.5) is 4.79 Å². The number of aromatic nitrogens is 1. The minimum Gasteiger partial charge on any atom is -0.465 e. The van der Waals surface area contributed by atoms with Crippen LogP contribution in [0.15, 0.2) is 18.5 Å². The quantitative estimate of drug-likeness (QED) is 0.836. The number of esters is 1. The minimum absolute atomic E-state index is 0.103. The molecule has 1 unspecified atom stereocenters. The van der Waals surface area contributed by atoms with Crippen LogP contribution in [0.1, 0.15) is 42.7 Å². The molecule has 0 bridgehead atoms. The number of rotatable bonds is 2. The third-order valence-electron chi connectivity index (χ3n) is 3.41. The van der Waals surface area contributed by atoms with E-state index in [1.807, 2.05) is 20.8 Å². The summed E-state index contributed by atoms with van der Waals surface area (Å²) in [6.07, 6.45) is 2.81. The van der Waals surface area contributed by atoms with Gasteiger partial charge in [-0.1, -0.05) is 0 Å². The molecule has 126 valence electrons. The van der Waals surface area contributed by atoms with Gasteiger partial charge in [-0.2, -0.15) is 0 Å². The van der Waals surface area contributed by atoms with E-state index in [9.17, 15) is 9.59 Å². The molecule has 2 heterocycles. The van der Waals surface area contributed by atoms with E-state index in [0.29, 0.717) is 25.2 Å². The molecular weight excluding hydrogens is 298 g/mol. The Hall–Kier alpha value is -2.15. The van der Waals surface area contributed by atoms with Gasteiger partial charge in [0.05, 0.1) is 18.7 Å². The molecule has 7 heteroatoms. The molecule has 7 nitrogen and oxygen atoms in total. The van der Waals surface area contributed by atoms with Crippen LogP contribution >= 0.6 is 0 Å². The van der Waals surface area contributed by atoms with Crippen molar-refractivity contribution in [2.45, 2.75) is 32.4 Å². The topological polar surface area (TPSA) is 80.8 Å². The maximum Gasteiger partial charge on any atom is 0.410 e. The van der Waals surface area contributed by atoms with Gasteiger partial charge in [-0.3, -0.25) is 4.98 Å². The molecule has 1 fully saturated rings. The fourth-order valence-electron chi connectivity index (χ4n) is 2.34. The molecule has 1 aliphatic heterocycles. The summed E-state index contributed by atoms with van der Waals surface area (Å²) >= 11 is 0. The molecule has 1 amide bonds. The number of hydrogen-bond acceptors (Lipinski definition) is 6. The van der Waals surface area contributed by atoms with Crippen LogP contribution < -0.4 is 5.32 Å². The van der Waals surface area contributed by atoms with Crippen LogP contribution in [0, 0.1) is 0 Å². The Bertz CT molecular complexity index is 583. The van der Waals surface area contributed by atoms with Gasteiger partial charge in [0.2, 0.25) is 0 Å². The Labute approximate surface area is 136 Å². The van der Waals surface area contributed by atoms with Crippen LogP contribution in [0.5, 0.6) is 0 Å². The fourth-order valence-corrected chi connectivity index (χ4v) is 2.34. The van der Waals surface area contributed by atoms with Gasteiger partial charge in [-0.05, 0) is 32.4 Å². The van der Waals surface area contributed by atoms with Gasteiger partial charge in [-0.15, -0.1) is 0 Å². The fraction of sp³-hybridized carbons (Fsp3) is 0.562. The van der Waals surface area contributed by atoms with Gasteiger partial charge < -0.3 is 19.7 Å². The molecule has 0 radical (unpaired) electrons. The van der Waals surface area contributed by atoms with Crippen molar-refractivity contribution in [3.63, 3.8) is 0 Å². The molecule has 2 rings (SSSR count). The molecule has 1 aromatic heterocycles. The molecule has 0 aromatic carbocycles. The highest BCUT2D eigenvalue weighted by Crippen LogP contribution is 2.20. The number of hydrogen-bond donors (Lipinski definition) is 1. The van der Waals surface area contributed by atoms with E-state index in [0.717, 1.165) is 5.56 Å². The van der Waals surface area contributed by atoms with Crippen molar-refractivity contribution < 1.29 is 19.1 Å². The van der Waals surface area contributed by atoms with Gasteiger partial charge in [0.1, 0.15) is 5.60 Å². The number of nitrogens with one attached hydrogen (secondary N) is 1. The normalized spacial score (nSPS) is 18.4. The molecule has 1 atom stereocenters. The van der Waals surface area contributed by atoms with E-state index in [1.165, 1.54) is 13.3 Å². The summed E-state index contributed by atoms with van der Waals surface area (Å²) in [5.41, 5.74) is 0.700. The van der Waals surface area contributed by atoms with Crippen molar-refractivity contribution in [2.24, 2.45) is 0 Å². The molecule has 1 N–H and O–H groups in total. The Morgan fingerprint density at radius 2 is 2.09 bits per heavy atom. The largest absolute Gasteiger partial charge is 0.465 e. The average Bonchev–Trinajstić information content (AvgIpc) is 2.53. The van der Waals surface area contributed by atoms with Crippen LogP contribution in [-0.4, -0.2) is 54.3 Å². The highest BCUT2D eigenvalue weighted by atomic mass is 16.6. The molecule has 0 aliphatic carbocycles. The molecule has 1 aromatic rings. The molecule has 23 heavy (non-hydrogen) atoms. The summed E-state index contributed by atoms with van der Waals surface area (Å²) in [6.45, 7) is 7.21. The average molecular weight is 321 g/mol. The molecule has 1 saturated heterocycles. The first-order valence-corrected chi connectivity index (χ1v) is 7.55. The molecule has 1 aliphatic rings. The maximum absolute atomic E-state index is 12.2. The van der Waals surface area contributed by atoms with E-state index in [1.54, 1.807) is 17.2 Å². The lowest BCUT2D eigenvalue weighted by Gasteiger charge is -2.35. The first-order valence-electron chi connectivity index (χ1n) is 7.55. The number of piperazine rings is 1. The number of carbonyl (C=O) groups excluding carboxylic acids is 2. The predicted molar refractivity (Wildman–Crippen MR) is 84.1 cm³/mol. The van der Waals surface area contributed by atoms with Crippen LogP contribution in [-0.2, 0) is 9.47 Å². The van der Waals surface area contributed by atoms with E-state index in [-0.39, 0.29) is 12.1 Å². The van der Waals surface area contributed by atoms with Crippen LogP contribution in [0.2, 0.25) is 0 Å². The second-order valence-electron chi connectivity index (χ2n) is 6.43. The minimum atomic E-state index is -0.524. The first-order chi connectivity index (χ1) is 10.8. The smallest absolute Gasteiger partial charge is 0.410 e. The van der Waals surface area contributed by atoms with Gasteiger partial charge in [0, 0.05) is 32.0 Å². The zero-order valence-corrected chi connectivity index (χ0v) is 14.0. The summed E-state index contributed by atoms with van der Waals surface area (Å²) < 4.78 is 10.1. The lowest BCUT2D eigenvalue weighted by atomic mass is 10.0. The van der Waals surface area contributed by atoms with Gasteiger partial charge in [0.25, 0.3) is 0 Å². The summed E-state index contributed by atoms with van der Waals surface area (Å²) in [5, 5.41) is 3.33. The Morgan fingerprint density at radius 1 is 1.35 bits per heavy atom. The number of carbonyl (C=O) groups is 2. The van der Waals surface area contributed by atoms with Crippen molar-refractivity contribution in [1.29, 1.82) is 0 Å². The van der Waals surface area contributed by atoms with Crippen molar-refractivity contribution >= 4 is 12.1 Å². The highest BCUT2D eigenvalue weighted by molar-refractivity contribution is 5.89. The first kappa shape index (κ1) is 17.2. The number of amides is 1. The second-order valence-corrected chi connectivity index (χ2v) is 6.43.